The summed E-state index contributed by atoms with van der Waals surface area (Å²) in [5.74, 6) is -2.80. The largest absolute Gasteiger partial charge is 0.469 e. The molecular weight excluding hydrogens is 652 g/mol. The molecule has 0 saturated carbocycles. The van der Waals surface area contributed by atoms with E-state index in [-0.39, 0.29) is 38.4 Å². The van der Waals surface area contributed by atoms with Crippen LogP contribution in [0.1, 0.15) is 13.8 Å². The highest BCUT2D eigenvalue weighted by molar-refractivity contribution is 7.85. The van der Waals surface area contributed by atoms with Crippen molar-refractivity contribution in [3.05, 3.63) is 0 Å². The van der Waals surface area contributed by atoms with E-state index in [1.807, 2.05) is 0 Å². The minimum Gasteiger partial charge on any atom is -0.469 e. The summed E-state index contributed by atoms with van der Waals surface area (Å²) < 4.78 is 70.9. The van der Waals surface area contributed by atoms with Crippen LogP contribution in [0.25, 0.3) is 0 Å². The molecular formula is C25H52O20S. The first-order chi connectivity index (χ1) is 21.3. The number of hydrogen-bond acceptors (Lipinski definition) is 20. The Labute approximate surface area is 271 Å². The van der Waals surface area contributed by atoms with Gasteiger partial charge >= 0.3 is 35.8 Å². The summed E-state index contributed by atoms with van der Waals surface area (Å²) in [5, 5.41) is 0. The van der Waals surface area contributed by atoms with Gasteiger partial charge < -0.3 is 52.1 Å². The average molecular weight is 705 g/mol. The van der Waals surface area contributed by atoms with Crippen molar-refractivity contribution in [3.8, 4) is 0 Å². The second kappa shape index (κ2) is 48.4. The number of hydrogen-bond donors (Lipinski definition) is 0. The lowest BCUT2D eigenvalue weighted by molar-refractivity contribution is -0.159. The van der Waals surface area contributed by atoms with E-state index in [9.17, 15) is 37.2 Å². The van der Waals surface area contributed by atoms with Gasteiger partial charge in [0, 0.05) is 56.5 Å². The van der Waals surface area contributed by atoms with Crippen molar-refractivity contribution in [1.29, 1.82) is 0 Å². The highest BCUT2D eigenvalue weighted by Gasteiger charge is 2.05. The SMILES string of the molecule is COC.COC(=O)COC(C)=O.COC(C)=O.COCC(=O)OC.COCC(=O)OCC(=O)OC.COCOC.COS(C)(=O)=O. The number of carbonyl (C=O) groups excluding carboxylic acids is 6. The van der Waals surface area contributed by atoms with Gasteiger partial charge in [-0.25, -0.2) is 19.2 Å². The zero-order chi connectivity index (χ0) is 38.0. The third-order valence-electron chi connectivity index (χ3n) is 2.78. The van der Waals surface area contributed by atoms with Crippen molar-refractivity contribution in [2.75, 3.05) is 118 Å². The molecule has 0 aliphatic rings. The quantitative estimate of drug-likeness (QED) is 0.110. The second-order valence-electron chi connectivity index (χ2n) is 6.71. The van der Waals surface area contributed by atoms with Crippen LogP contribution in [0.5, 0.6) is 0 Å². The molecule has 0 unspecified atom stereocenters. The fourth-order valence-electron chi connectivity index (χ4n) is 0.872. The molecule has 0 amide bonds. The van der Waals surface area contributed by atoms with Crippen LogP contribution in [0.15, 0.2) is 0 Å². The molecule has 0 radical (unpaired) electrons. The predicted molar refractivity (Wildman–Crippen MR) is 159 cm³/mol. The summed E-state index contributed by atoms with van der Waals surface area (Å²) in [4.78, 5) is 60.8. The fourth-order valence-corrected chi connectivity index (χ4v) is 0.872. The Morgan fingerprint density at radius 1 is 0.457 bits per heavy atom. The molecule has 0 saturated heterocycles. The molecule has 21 heteroatoms. The Kier molecular flexibility index (Phi) is 61.2. The van der Waals surface area contributed by atoms with E-state index in [1.54, 1.807) is 28.4 Å². The van der Waals surface area contributed by atoms with E-state index in [1.165, 1.54) is 56.5 Å². The first-order valence-electron chi connectivity index (χ1n) is 12.0. The van der Waals surface area contributed by atoms with Crippen molar-refractivity contribution in [2.45, 2.75) is 13.8 Å². The summed E-state index contributed by atoms with van der Waals surface area (Å²) in [5.41, 5.74) is 0. The molecule has 278 valence electrons. The fraction of sp³-hybridized carbons (Fsp3) is 0.760. The maximum Gasteiger partial charge on any atom is 0.344 e. The zero-order valence-electron chi connectivity index (χ0n) is 29.1. The Morgan fingerprint density at radius 3 is 0.913 bits per heavy atom. The third-order valence-corrected chi connectivity index (χ3v) is 3.38. The Balaban J connectivity index is -0.0000000797. The summed E-state index contributed by atoms with van der Waals surface area (Å²) in [6.07, 6.45) is 0.993. The van der Waals surface area contributed by atoms with Gasteiger partial charge in [0.15, 0.2) is 13.2 Å². The predicted octanol–water partition coefficient (Wildman–Crippen LogP) is -0.852. The van der Waals surface area contributed by atoms with Crippen LogP contribution in [0.4, 0.5) is 0 Å². The minimum absolute atomic E-state index is 0.0382. The van der Waals surface area contributed by atoms with Crippen LogP contribution < -0.4 is 0 Å². The first-order valence-corrected chi connectivity index (χ1v) is 13.8. The summed E-state index contributed by atoms with van der Waals surface area (Å²) in [6, 6.07) is 0. The molecule has 0 atom stereocenters. The zero-order valence-corrected chi connectivity index (χ0v) is 29.9. The Hall–Kier alpha value is -3.47. The van der Waals surface area contributed by atoms with Crippen molar-refractivity contribution >= 4 is 45.9 Å². The maximum atomic E-state index is 10.5. The van der Waals surface area contributed by atoms with Gasteiger partial charge in [0.05, 0.1) is 41.8 Å². The molecule has 0 aliphatic carbocycles. The lowest BCUT2D eigenvalue weighted by Gasteiger charge is -2.01. The molecule has 0 aromatic rings. The number of ether oxygens (including phenoxy) is 11. The molecule has 0 aliphatic heterocycles. The molecule has 0 bridgehead atoms. The molecule has 0 aromatic heterocycles. The number of methoxy groups -OCH3 is 9. The third kappa shape index (κ3) is 97.2. The number of esters is 6. The van der Waals surface area contributed by atoms with Gasteiger partial charge in [-0.3, -0.25) is 13.8 Å². The highest BCUT2D eigenvalue weighted by atomic mass is 32.2. The Morgan fingerprint density at radius 2 is 0.739 bits per heavy atom. The van der Waals surface area contributed by atoms with E-state index in [0.717, 1.165) is 13.4 Å². The van der Waals surface area contributed by atoms with Gasteiger partial charge in [0.2, 0.25) is 0 Å². The summed E-state index contributed by atoms with van der Waals surface area (Å²) >= 11 is 0. The molecule has 0 fully saturated rings. The van der Waals surface area contributed by atoms with Crippen LogP contribution >= 0.6 is 0 Å². The van der Waals surface area contributed by atoms with Gasteiger partial charge in [0.1, 0.15) is 20.0 Å². The first kappa shape index (κ1) is 58.1. The van der Waals surface area contributed by atoms with Crippen LogP contribution in [0.3, 0.4) is 0 Å². The molecule has 0 spiro atoms. The second-order valence-corrected chi connectivity index (χ2v) is 8.45. The van der Waals surface area contributed by atoms with E-state index >= 15 is 0 Å². The lowest BCUT2D eigenvalue weighted by atomic mass is 10.7. The summed E-state index contributed by atoms with van der Waals surface area (Å²) in [7, 11) is 12.3. The van der Waals surface area contributed by atoms with Crippen molar-refractivity contribution in [2.24, 2.45) is 0 Å². The number of rotatable bonds is 11. The molecule has 20 nitrogen and oxygen atoms in total. The molecule has 0 heterocycles. The molecule has 0 aromatic carbocycles. The van der Waals surface area contributed by atoms with Crippen LogP contribution in [-0.2, 0) is 95.2 Å². The van der Waals surface area contributed by atoms with Crippen molar-refractivity contribution < 1.29 is 93.5 Å². The van der Waals surface area contributed by atoms with Crippen molar-refractivity contribution in [3.63, 3.8) is 0 Å². The van der Waals surface area contributed by atoms with E-state index in [4.69, 9.17) is 0 Å². The van der Waals surface area contributed by atoms with E-state index in [0.29, 0.717) is 6.79 Å². The standard InChI is InChI=1S/C6H10O5.C5H8O4.C4H8O3.C3H8O2.C3H6O2.C2H6O3S.C2H6O/c1-9-3-6(8)11-4-5(7)10-2;1-4(6)9-3-5(7)8-2;1-6-3-4(5)7-2;1-4-3-5-2;1-3(4)5-2;1-5-6(2,3)4;1-3-2/h3-4H2,1-2H3;3H2,1-2H3;3H2,1-2H3;3H2,1-2H3;1-2H3;1-2H3;1-2H3. The Bertz CT molecular complexity index is 827. The lowest BCUT2D eigenvalue weighted by Crippen LogP contribution is -2.17. The average Bonchev–Trinajstić information content (AvgIpc) is 3.00. The van der Waals surface area contributed by atoms with Gasteiger partial charge in [0.25, 0.3) is 10.1 Å². The van der Waals surface area contributed by atoms with E-state index in [2.05, 4.69) is 56.3 Å². The van der Waals surface area contributed by atoms with Gasteiger partial charge in [-0.15, -0.1) is 0 Å². The highest BCUT2D eigenvalue weighted by Crippen LogP contribution is 1.81. The maximum absolute atomic E-state index is 10.5. The summed E-state index contributed by atoms with van der Waals surface area (Å²) in [6.45, 7) is 2.20. The van der Waals surface area contributed by atoms with Gasteiger partial charge in [-0.2, -0.15) is 8.42 Å². The smallest absolute Gasteiger partial charge is 0.344 e. The number of carbonyl (C=O) groups is 6. The monoisotopic (exact) mass is 704 g/mol. The molecule has 0 rings (SSSR count). The van der Waals surface area contributed by atoms with Gasteiger partial charge in [-0.05, 0) is 0 Å². The van der Waals surface area contributed by atoms with Crippen molar-refractivity contribution in [1.82, 2.24) is 0 Å². The minimum atomic E-state index is -3.16. The van der Waals surface area contributed by atoms with Gasteiger partial charge in [-0.1, -0.05) is 0 Å². The van der Waals surface area contributed by atoms with E-state index < -0.39 is 34.0 Å². The molecule has 46 heavy (non-hydrogen) atoms. The topological polar surface area (TPSA) is 247 Å². The van der Waals surface area contributed by atoms with Crippen LogP contribution in [0, 0.1) is 0 Å². The normalized spacial score (nSPS) is 8.57. The van der Waals surface area contributed by atoms with Crippen LogP contribution in [-0.4, -0.2) is 162 Å². The molecule has 0 N–H and O–H groups in total. The van der Waals surface area contributed by atoms with Crippen LogP contribution in [0.2, 0.25) is 0 Å².